The minimum atomic E-state index is 0.514. The van der Waals surface area contributed by atoms with E-state index in [2.05, 4.69) is 39.0 Å². The predicted octanol–water partition coefficient (Wildman–Crippen LogP) is 2.58. The minimum absolute atomic E-state index is 0.514. The Labute approximate surface area is 135 Å². The Morgan fingerprint density at radius 2 is 1.91 bits per heavy atom. The molecule has 3 nitrogen and oxygen atoms in total. The first-order valence-electron chi connectivity index (χ1n) is 8.81. The van der Waals surface area contributed by atoms with E-state index in [1.54, 1.807) is 4.90 Å². The summed E-state index contributed by atoms with van der Waals surface area (Å²) in [5, 5.41) is 0. The maximum Gasteiger partial charge on any atom is 0.122 e. The monoisotopic (exact) mass is 306 g/mol. The Kier molecular flexibility index (Phi) is 7.20. The number of nitrogens with one attached hydrogen (secondary N) is 1. The van der Waals surface area contributed by atoms with Gasteiger partial charge in [0, 0.05) is 0 Å². The van der Waals surface area contributed by atoms with E-state index < -0.39 is 0 Å². The molecule has 22 heavy (non-hydrogen) atoms. The van der Waals surface area contributed by atoms with E-state index in [0.29, 0.717) is 5.92 Å². The van der Waals surface area contributed by atoms with Crippen molar-refractivity contribution in [2.45, 2.75) is 46.0 Å². The lowest BCUT2D eigenvalue weighted by Gasteiger charge is -2.23. The molecular formula is C19H32NO2+. The fourth-order valence-electron chi connectivity index (χ4n) is 2.99. The summed E-state index contributed by atoms with van der Waals surface area (Å²) in [7, 11) is 0. The van der Waals surface area contributed by atoms with Crippen LogP contribution in [-0.4, -0.2) is 39.5 Å². The summed E-state index contributed by atoms with van der Waals surface area (Å²) in [5.74, 6) is 1.59. The lowest BCUT2D eigenvalue weighted by molar-refractivity contribution is -0.908. The first kappa shape index (κ1) is 17.3. The van der Waals surface area contributed by atoms with Gasteiger partial charge in [0.2, 0.25) is 0 Å². The molecule has 0 unspecified atom stereocenters. The maximum absolute atomic E-state index is 6.04. The van der Waals surface area contributed by atoms with Gasteiger partial charge in [-0.2, -0.15) is 0 Å². The quantitative estimate of drug-likeness (QED) is 0.746. The second-order valence-electron chi connectivity index (χ2n) is 6.72. The Morgan fingerprint density at radius 1 is 1.14 bits per heavy atom. The zero-order valence-corrected chi connectivity index (χ0v) is 14.5. The van der Waals surface area contributed by atoms with Crippen molar-refractivity contribution in [2.75, 3.05) is 39.5 Å². The molecular weight excluding hydrogens is 274 g/mol. The fraction of sp³-hybridized carbons (Fsp3) is 0.684. The van der Waals surface area contributed by atoms with Crippen LogP contribution in [0.2, 0.25) is 0 Å². The summed E-state index contributed by atoms with van der Waals surface area (Å²) in [5.41, 5.74) is 2.60. The van der Waals surface area contributed by atoms with Crippen molar-refractivity contribution in [1.82, 2.24) is 0 Å². The van der Waals surface area contributed by atoms with Crippen LogP contribution in [0.3, 0.4) is 0 Å². The highest BCUT2D eigenvalue weighted by Crippen LogP contribution is 2.27. The number of rotatable bonds is 8. The number of ether oxygens (including phenoxy) is 2. The van der Waals surface area contributed by atoms with Crippen LogP contribution in [0.1, 0.15) is 50.2 Å². The number of aryl methyl sites for hydroxylation is 1. The summed E-state index contributed by atoms with van der Waals surface area (Å²) in [6, 6.07) is 6.55. The fourth-order valence-corrected chi connectivity index (χ4v) is 2.99. The number of unbranched alkanes of at least 4 members (excludes halogenated alkanes) is 2. The number of hydrogen-bond acceptors (Lipinski definition) is 2. The van der Waals surface area contributed by atoms with E-state index in [4.69, 9.17) is 9.47 Å². The molecule has 1 fully saturated rings. The molecule has 1 aliphatic heterocycles. The maximum atomic E-state index is 6.04. The number of morpholine rings is 1. The van der Waals surface area contributed by atoms with Crippen LogP contribution >= 0.6 is 0 Å². The Morgan fingerprint density at radius 3 is 2.64 bits per heavy atom. The Hall–Kier alpha value is -1.06. The molecule has 0 spiro atoms. The van der Waals surface area contributed by atoms with Crippen molar-refractivity contribution < 1.29 is 14.4 Å². The average Bonchev–Trinajstić information content (AvgIpc) is 2.51. The number of benzene rings is 1. The zero-order chi connectivity index (χ0) is 15.8. The van der Waals surface area contributed by atoms with Crippen molar-refractivity contribution in [3.8, 4) is 5.75 Å². The van der Waals surface area contributed by atoms with Crippen LogP contribution in [0.25, 0.3) is 0 Å². The van der Waals surface area contributed by atoms with E-state index in [9.17, 15) is 0 Å². The molecule has 1 aromatic rings. The summed E-state index contributed by atoms with van der Waals surface area (Å²) in [4.78, 5) is 1.70. The summed E-state index contributed by atoms with van der Waals surface area (Å²) >= 11 is 0. The van der Waals surface area contributed by atoms with Gasteiger partial charge >= 0.3 is 0 Å². The summed E-state index contributed by atoms with van der Waals surface area (Å²) < 4.78 is 11.4. The smallest absolute Gasteiger partial charge is 0.122 e. The highest BCUT2D eigenvalue weighted by Gasteiger charge is 2.12. The van der Waals surface area contributed by atoms with Crippen LogP contribution in [0, 0.1) is 6.92 Å². The lowest BCUT2D eigenvalue weighted by Crippen LogP contribution is -3.14. The second-order valence-corrected chi connectivity index (χ2v) is 6.72. The first-order valence-corrected chi connectivity index (χ1v) is 8.81. The molecule has 1 N–H and O–H groups in total. The van der Waals surface area contributed by atoms with Crippen LogP contribution in [0.5, 0.6) is 5.75 Å². The van der Waals surface area contributed by atoms with E-state index in [1.165, 1.54) is 43.6 Å². The molecule has 0 amide bonds. The van der Waals surface area contributed by atoms with Crippen molar-refractivity contribution in [1.29, 1.82) is 0 Å². The molecule has 0 aliphatic carbocycles. The molecule has 0 atom stereocenters. The van der Waals surface area contributed by atoms with Crippen LogP contribution in [-0.2, 0) is 4.74 Å². The second kappa shape index (κ2) is 9.16. The number of quaternary nitrogens is 1. The van der Waals surface area contributed by atoms with Crippen LogP contribution in [0.4, 0.5) is 0 Å². The van der Waals surface area contributed by atoms with E-state index in [-0.39, 0.29) is 0 Å². The van der Waals surface area contributed by atoms with E-state index in [1.807, 2.05) is 0 Å². The van der Waals surface area contributed by atoms with Gasteiger partial charge in [-0.15, -0.1) is 0 Å². The van der Waals surface area contributed by atoms with E-state index in [0.717, 1.165) is 32.0 Å². The van der Waals surface area contributed by atoms with E-state index >= 15 is 0 Å². The molecule has 1 saturated heterocycles. The number of hydrogen-bond donors (Lipinski definition) is 1. The zero-order valence-electron chi connectivity index (χ0n) is 14.5. The molecule has 0 bridgehead atoms. The van der Waals surface area contributed by atoms with Gasteiger partial charge in [-0.05, 0) is 49.3 Å². The molecule has 0 saturated carbocycles. The van der Waals surface area contributed by atoms with Gasteiger partial charge in [-0.1, -0.05) is 26.0 Å². The third-order valence-corrected chi connectivity index (χ3v) is 4.42. The molecule has 0 aromatic heterocycles. The normalized spacial score (nSPS) is 16.2. The predicted molar refractivity (Wildman–Crippen MR) is 91.0 cm³/mol. The third kappa shape index (κ3) is 5.62. The molecule has 2 rings (SSSR count). The van der Waals surface area contributed by atoms with Gasteiger partial charge in [-0.3, -0.25) is 0 Å². The Balaban J connectivity index is 1.65. The Bertz CT molecular complexity index is 439. The molecule has 1 aliphatic rings. The largest absolute Gasteiger partial charge is 0.493 e. The van der Waals surface area contributed by atoms with Gasteiger partial charge in [0.15, 0.2) is 0 Å². The summed E-state index contributed by atoms with van der Waals surface area (Å²) in [6.45, 7) is 12.9. The van der Waals surface area contributed by atoms with Crippen molar-refractivity contribution in [3.63, 3.8) is 0 Å². The standard InChI is InChI=1S/C19H31NO2/c1-16(2)18-8-7-17(3)15-19(18)22-12-6-4-5-9-20-10-13-21-14-11-20/h7-8,15-16H,4-6,9-14H2,1-3H3/p+1. The molecule has 1 aromatic carbocycles. The average molecular weight is 306 g/mol. The molecule has 0 radical (unpaired) electrons. The SMILES string of the molecule is Cc1ccc(C(C)C)c(OCCCCC[NH+]2CCOCC2)c1. The lowest BCUT2D eigenvalue weighted by atomic mass is 10.0. The van der Waals surface area contributed by atoms with Crippen molar-refractivity contribution >= 4 is 0 Å². The van der Waals surface area contributed by atoms with Gasteiger partial charge in [0.25, 0.3) is 0 Å². The van der Waals surface area contributed by atoms with Crippen LogP contribution < -0.4 is 9.64 Å². The van der Waals surface area contributed by atoms with Gasteiger partial charge in [0.1, 0.15) is 18.8 Å². The topological polar surface area (TPSA) is 22.9 Å². The minimum Gasteiger partial charge on any atom is -0.493 e. The van der Waals surface area contributed by atoms with Gasteiger partial charge < -0.3 is 14.4 Å². The highest BCUT2D eigenvalue weighted by atomic mass is 16.5. The third-order valence-electron chi connectivity index (χ3n) is 4.42. The first-order chi connectivity index (χ1) is 10.7. The summed E-state index contributed by atoms with van der Waals surface area (Å²) in [6.07, 6.45) is 3.70. The van der Waals surface area contributed by atoms with Crippen molar-refractivity contribution in [3.05, 3.63) is 29.3 Å². The van der Waals surface area contributed by atoms with Gasteiger partial charge in [0.05, 0.1) is 26.4 Å². The van der Waals surface area contributed by atoms with Crippen molar-refractivity contribution in [2.24, 2.45) is 0 Å². The molecule has 124 valence electrons. The van der Waals surface area contributed by atoms with Crippen LogP contribution in [0.15, 0.2) is 18.2 Å². The van der Waals surface area contributed by atoms with Gasteiger partial charge in [-0.25, -0.2) is 0 Å². The molecule has 1 heterocycles. The molecule has 3 heteroatoms. The highest BCUT2D eigenvalue weighted by molar-refractivity contribution is 5.39.